The van der Waals surface area contributed by atoms with Gasteiger partial charge in [0, 0.05) is 13.1 Å². The first-order valence-electron chi connectivity index (χ1n) is 5.06. The number of rotatable bonds is 3. The average molecular weight is 184 g/mol. The monoisotopic (exact) mass is 184 g/mol. The zero-order chi connectivity index (χ0) is 10.0. The van der Waals surface area contributed by atoms with Gasteiger partial charge in [0.2, 0.25) is 0 Å². The SMILES string of the molecule is CC(C)CN1C[C@@H](C(C)C)NC1=O. The van der Waals surface area contributed by atoms with Crippen LogP contribution in [0.1, 0.15) is 27.7 Å². The first-order chi connectivity index (χ1) is 6.00. The van der Waals surface area contributed by atoms with E-state index in [0.717, 1.165) is 13.1 Å². The summed E-state index contributed by atoms with van der Waals surface area (Å²) in [6, 6.07) is 0.443. The molecule has 1 rings (SSSR count). The number of nitrogens with one attached hydrogen (secondary N) is 1. The van der Waals surface area contributed by atoms with E-state index < -0.39 is 0 Å². The van der Waals surface area contributed by atoms with Crippen molar-refractivity contribution in [1.82, 2.24) is 10.2 Å². The van der Waals surface area contributed by atoms with Gasteiger partial charge in [-0.3, -0.25) is 0 Å². The Morgan fingerprint density at radius 2 is 2.08 bits per heavy atom. The molecule has 3 nitrogen and oxygen atoms in total. The van der Waals surface area contributed by atoms with Crippen molar-refractivity contribution < 1.29 is 4.79 Å². The van der Waals surface area contributed by atoms with E-state index in [1.54, 1.807) is 0 Å². The molecule has 0 saturated carbocycles. The van der Waals surface area contributed by atoms with E-state index in [1.165, 1.54) is 0 Å². The summed E-state index contributed by atoms with van der Waals surface area (Å²) in [5.41, 5.74) is 0. The fourth-order valence-corrected chi connectivity index (χ4v) is 1.59. The molecule has 1 saturated heterocycles. The molecule has 0 radical (unpaired) electrons. The molecule has 1 atom stereocenters. The molecule has 0 aromatic rings. The molecule has 1 fully saturated rings. The average Bonchev–Trinajstić information content (AvgIpc) is 2.31. The smallest absolute Gasteiger partial charge is 0.317 e. The van der Waals surface area contributed by atoms with E-state index >= 15 is 0 Å². The summed E-state index contributed by atoms with van der Waals surface area (Å²) in [7, 11) is 0. The minimum atomic E-state index is 0.104. The Kier molecular flexibility index (Phi) is 3.17. The standard InChI is InChI=1S/C10H20N2O/c1-7(2)5-12-6-9(8(3)4)11-10(12)13/h7-9H,5-6H2,1-4H3,(H,11,13)/t9-/m0/s1. The van der Waals surface area contributed by atoms with Crippen LogP contribution in [-0.2, 0) is 0 Å². The molecule has 0 unspecified atom stereocenters. The third-order valence-corrected chi connectivity index (χ3v) is 2.40. The first-order valence-corrected chi connectivity index (χ1v) is 5.06. The van der Waals surface area contributed by atoms with Crippen LogP contribution >= 0.6 is 0 Å². The Labute approximate surface area is 80.5 Å². The maximum Gasteiger partial charge on any atom is 0.317 e. The van der Waals surface area contributed by atoms with Crippen LogP contribution in [0.2, 0.25) is 0 Å². The molecule has 0 aliphatic carbocycles. The van der Waals surface area contributed by atoms with Crippen LogP contribution in [0.4, 0.5) is 4.79 Å². The number of hydrogen-bond acceptors (Lipinski definition) is 1. The third-order valence-electron chi connectivity index (χ3n) is 2.40. The summed E-state index contributed by atoms with van der Waals surface area (Å²) >= 11 is 0. The van der Waals surface area contributed by atoms with E-state index in [1.807, 2.05) is 4.90 Å². The lowest BCUT2D eigenvalue weighted by molar-refractivity contribution is 0.211. The predicted octanol–water partition coefficient (Wildman–Crippen LogP) is 1.69. The topological polar surface area (TPSA) is 32.3 Å². The molecule has 0 aromatic carbocycles. The van der Waals surface area contributed by atoms with Gasteiger partial charge in [0.05, 0.1) is 6.04 Å². The molecule has 13 heavy (non-hydrogen) atoms. The van der Waals surface area contributed by atoms with Gasteiger partial charge in [0.15, 0.2) is 0 Å². The number of hydrogen-bond donors (Lipinski definition) is 1. The third kappa shape index (κ3) is 2.61. The maximum atomic E-state index is 11.4. The molecule has 0 spiro atoms. The largest absolute Gasteiger partial charge is 0.333 e. The number of carbonyl (C=O) groups excluding carboxylic acids is 1. The number of urea groups is 1. The van der Waals surface area contributed by atoms with Crippen molar-refractivity contribution in [2.24, 2.45) is 11.8 Å². The quantitative estimate of drug-likeness (QED) is 0.711. The Balaban J connectivity index is 2.47. The van der Waals surface area contributed by atoms with Gasteiger partial charge in [-0.05, 0) is 11.8 Å². The van der Waals surface area contributed by atoms with Crippen molar-refractivity contribution in [3.63, 3.8) is 0 Å². The molecule has 1 aliphatic heterocycles. The van der Waals surface area contributed by atoms with Gasteiger partial charge >= 0.3 is 6.03 Å². The second-order valence-corrected chi connectivity index (χ2v) is 4.60. The zero-order valence-corrected chi connectivity index (χ0v) is 9.00. The van der Waals surface area contributed by atoms with Gasteiger partial charge < -0.3 is 10.2 Å². The Bertz CT molecular complexity index is 189. The lowest BCUT2D eigenvalue weighted by atomic mass is 10.1. The van der Waals surface area contributed by atoms with Crippen molar-refractivity contribution in [2.75, 3.05) is 13.1 Å². The molecule has 1 heterocycles. The summed E-state index contributed by atoms with van der Waals surface area (Å²) in [5, 5.41) is 3.00. The predicted molar refractivity (Wildman–Crippen MR) is 53.6 cm³/mol. The molecule has 76 valence electrons. The minimum Gasteiger partial charge on any atom is -0.333 e. The molecule has 2 amide bonds. The van der Waals surface area contributed by atoms with Crippen LogP contribution in [0.15, 0.2) is 0 Å². The van der Waals surface area contributed by atoms with Crippen LogP contribution in [-0.4, -0.2) is 30.1 Å². The summed E-state index contributed by atoms with van der Waals surface area (Å²) < 4.78 is 0. The van der Waals surface area contributed by atoms with E-state index in [2.05, 4.69) is 33.0 Å². The highest BCUT2D eigenvalue weighted by Crippen LogP contribution is 2.12. The van der Waals surface area contributed by atoms with E-state index in [9.17, 15) is 4.79 Å². The van der Waals surface area contributed by atoms with Crippen molar-refractivity contribution in [3.05, 3.63) is 0 Å². The van der Waals surface area contributed by atoms with Gasteiger partial charge in [0.1, 0.15) is 0 Å². The summed E-state index contributed by atoms with van der Waals surface area (Å²) in [6.45, 7) is 10.3. The van der Waals surface area contributed by atoms with E-state index in [4.69, 9.17) is 0 Å². The van der Waals surface area contributed by atoms with Gasteiger partial charge in [-0.1, -0.05) is 27.7 Å². The van der Waals surface area contributed by atoms with Gasteiger partial charge in [0.25, 0.3) is 0 Å². The zero-order valence-electron chi connectivity index (χ0n) is 9.00. The van der Waals surface area contributed by atoms with Crippen molar-refractivity contribution >= 4 is 6.03 Å². The van der Waals surface area contributed by atoms with Crippen LogP contribution in [0, 0.1) is 11.8 Å². The van der Waals surface area contributed by atoms with Crippen LogP contribution in [0.5, 0.6) is 0 Å². The van der Waals surface area contributed by atoms with Crippen LogP contribution in [0.25, 0.3) is 0 Å². The molecule has 0 aromatic heterocycles. The van der Waals surface area contributed by atoms with Crippen LogP contribution in [0.3, 0.4) is 0 Å². The summed E-state index contributed by atoms with van der Waals surface area (Å²) in [6.07, 6.45) is 0. The summed E-state index contributed by atoms with van der Waals surface area (Å²) in [4.78, 5) is 13.4. The molecular weight excluding hydrogens is 164 g/mol. The van der Waals surface area contributed by atoms with Gasteiger partial charge in [-0.15, -0.1) is 0 Å². The summed E-state index contributed by atoms with van der Waals surface area (Å²) in [5.74, 6) is 1.08. The molecule has 3 heteroatoms. The van der Waals surface area contributed by atoms with Crippen molar-refractivity contribution in [2.45, 2.75) is 33.7 Å². The van der Waals surface area contributed by atoms with Crippen molar-refractivity contribution in [1.29, 1.82) is 0 Å². The molecule has 1 N–H and O–H groups in total. The van der Waals surface area contributed by atoms with Crippen molar-refractivity contribution in [3.8, 4) is 0 Å². The van der Waals surface area contributed by atoms with Gasteiger partial charge in [-0.25, -0.2) is 4.79 Å². The lowest BCUT2D eigenvalue weighted by Gasteiger charge is -2.17. The van der Waals surface area contributed by atoms with Crippen LogP contribution < -0.4 is 5.32 Å². The first kappa shape index (κ1) is 10.4. The molecular formula is C10H20N2O. The highest BCUT2D eigenvalue weighted by atomic mass is 16.2. The maximum absolute atomic E-state index is 11.4. The van der Waals surface area contributed by atoms with E-state index in [-0.39, 0.29) is 6.03 Å². The Morgan fingerprint density at radius 3 is 2.46 bits per heavy atom. The molecule has 0 bridgehead atoms. The molecule has 1 aliphatic rings. The Morgan fingerprint density at radius 1 is 1.46 bits per heavy atom. The second kappa shape index (κ2) is 3.99. The Hall–Kier alpha value is -0.730. The van der Waals surface area contributed by atoms with E-state index in [0.29, 0.717) is 17.9 Å². The fourth-order valence-electron chi connectivity index (χ4n) is 1.59. The number of nitrogens with zero attached hydrogens (tertiary/aromatic N) is 1. The fraction of sp³-hybridized carbons (Fsp3) is 0.900. The number of carbonyl (C=O) groups is 1. The number of amides is 2. The normalized spacial score (nSPS) is 23.1. The minimum absolute atomic E-state index is 0.104. The highest BCUT2D eigenvalue weighted by Gasteiger charge is 2.30. The van der Waals surface area contributed by atoms with Gasteiger partial charge in [-0.2, -0.15) is 0 Å². The second-order valence-electron chi connectivity index (χ2n) is 4.60. The lowest BCUT2D eigenvalue weighted by Crippen LogP contribution is -2.32. The highest BCUT2D eigenvalue weighted by molar-refractivity contribution is 5.76.